The van der Waals surface area contributed by atoms with Gasteiger partial charge in [0.2, 0.25) is 0 Å². The quantitative estimate of drug-likeness (QED) is 0.260. The lowest BCUT2D eigenvalue weighted by Crippen LogP contribution is -2.02. The summed E-state index contributed by atoms with van der Waals surface area (Å²) in [5.74, 6) is 1.98. The van der Waals surface area contributed by atoms with Crippen molar-refractivity contribution in [3.05, 3.63) is 83.9 Å². The Morgan fingerprint density at radius 1 is 0.933 bits per heavy atom. The summed E-state index contributed by atoms with van der Waals surface area (Å²) in [6.07, 6.45) is 4.24. The highest BCUT2D eigenvalue weighted by atomic mass is 35.5. The van der Waals surface area contributed by atoms with Crippen LogP contribution in [0.25, 0.3) is 17.1 Å². The van der Waals surface area contributed by atoms with Crippen LogP contribution in [-0.2, 0) is 0 Å². The molecule has 0 saturated heterocycles. The molecule has 0 unspecified atom stereocenters. The van der Waals surface area contributed by atoms with E-state index in [9.17, 15) is 4.39 Å². The minimum Gasteiger partial charge on any atom is -0.494 e. The van der Waals surface area contributed by atoms with E-state index in [4.69, 9.17) is 16.3 Å². The average molecular weight is 441 g/mol. The van der Waals surface area contributed by atoms with Crippen LogP contribution in [-0.4, -0.2) is 32.1 Å². The van der Waals surface area contributed by atoms with Gasteiger partial charge in [-0.25, -0.2) is 4.39 Å². The van der Waals surface area contributed by atoms with Gasteiger partial charge in [-0.15, -0.1) is 10.2 Å². The lowest BCUT2D eigenvalue weighted by atomic mass is 10.2. The highest BCUT2D eigenvalue weighted by molar-refractivity contribution is 7.99. The Balaban J connectivity index is 1.46. The maximum absolute atomic E-state index is 13.4. The van der Waals surface area contributed by atoms with Gasteiger partial charge in [0.05, 0.1) is 6.61 Å². The van der Waals surface area contributed by atoms with Gasteiger partial charge in [-0.05, 0) is 67.1 Å². The van der Waals surface area contributed by atoms with Crippen LogP contribution < -0.4 is 4.74 Å². The molecular formula is C22H18ClFN4OS. The van der Waals surface area contributed by atoms with Crippen molar-refractivity contribution in [2.24, 2.45) is 0 Å². The van der Waals surface area contributed by atoms with E-state index in [1.165, 1.54) is 12.1 Å². The second kappa shape index (κ2) is 9.73. The van der Waals surface area contributed by atoms with Crippen LogP contribution >= 0.6 is 23.4 Å². The Bertz CT molecular complexity index is 1090. The smallest absolute Gasteiger partial charge is 0.196 e. The lowest BCUT2D eigenvalue weighted by molar-refractivity contribution is 0.318. The van der Waals surface area contributed by atoms with Crippen molar-refractivity contribution >= 4 is 23.4 Å². The SMILES string of the molecule is Fc1ccc(-n2c(SCCCOc3ccc(Cl)cc3)nnc2-c2ccncc2)cc1. The molecule has 0 saturated carbocycles. The van der Waals surface area contributed by atoms with Crippen molar-refractivity contribution < 1.29 is 9.13 Å². The topological polar surface area (TPSA) is 52.8 Å². The number of nitrogens with zero attached hydrogens (tertiary/aromatic N) is 4. The third-order valence-electron chi connectivity index (χ3n) is 4.26. The van der Waals surface area contributed by atoms with E-state index in [2.05, 4.69) is 15.2 Å². The zero-order valence-corrected chi connectivity index (χ0v) is 17.5. The molecule has 0 atom stereocenters. The van der Waals surface area contributed by atoms with Gasteiger partial charge in [0.1, 0.15) is 11.6 Å². The van der Waals surface area contributed by atoms with E-state index in [-0.39, 0.29) is 5.82 Å². The molecule has 2 aromatic heterocycles. The molecule has 2 heterocycles. The fourth-order valence-electron chi connectivity index (χ4n) is 2.82. The second-order valence-electron chi connectivity index (χ2n) is 6.36. The number of ether oxygens (including phenoxy) is 1. The van der Waals surface area contributed by atoms with E-state index in [1.807, 2.05) is 28.8 Å². The first-order valence-corrected chi connectivity index (χ1v) is 10.7. The first-order valence-electron chi connectivity index (χ1n) is 9.33. The number of thioether (sulfide) groups is 1. The number of pyridine rings is 1. The van der Waals surface area contributed by atoms with Crippen LogP contribution in [0.15, 0.2) is 78.2 Å². The van der Waals surface area contributed by atoms with Crippen LogP contribution in [0.5, 0.6) is 5.75 Å². The van der Waals surface area contributed by atoms with E-state index in [0.717, 1.165) is 34.3 Å². The predicted octanol–water partition coefficient (Wildman–Crippen LogP) is 5.68. The Morgan fingerprint density at radius 3 is 2.40 bits per heavy atom. The zero-order valence-electron chi connectivity index (χ0n) is 15.9. The summed E-state index contributed by atoms with van der Waals surface area (Å²) in [5.41, 5.74) is 1.69. The first-order chi connectivity index (χ1) is 14.7. The van der Waals surface area contributed by atoms with Crippen molar-refractivity contribution in [3.63, 3.8) is 0 Å². The molecule has 0 aliphatic carbocycles. The average Bonchev–Trinajstić information content (AvgIpc) is 3.20. The van der Waals surface area contributed by atoms with E-state index in [0.29, 0.717) is 17.5 Å². The molecule has 0 fully saturated rings. The number of hydrogen-bond donors (Lipinski definition) is 0. The molecule has 0 aliphatic heterocycles. The zero-order chi connectivity index (χ0) is 20.8. The van der Waals surface area contributed by atoms with Crippen LogP contribution in [0.4, 0.5) is 4.39 Å². The van der Waals surface area contributed by atoms with Crippen LogP contribution in [0.1, 0.15) is 6.42 Å². The predicted molar refractivity (Wildman–Crippen MR) is 117 cm³/mol. The molecule has 152 valence electrons. The number of halogens is 2. The van der Waals surface area contributed by atoms with Gasteiger partial charge in [0.25, 0.3) is 0 Å². The molecule has 0 spiro atoms. The summed E-state index contributed by atoms with van der Waals surface area (Å²) in [6.45, 7) is 0.580. The van der Waals surface area contributed by atoms with Crippen LogP contribution in [0.2, 0.25) is 5.02 Å². The van der Waals surface area contributed by atoms with Gasteiger partial charge in [-0.3, -0.25) is 9.55 Å². The summed E-state index contributed by atoms with van der Waals surface area (Å²) >= 11 is 7.46. The van der Waals surface area contributed by atoms with Gasteiger partial charge >= 0.3 is 0 Å². The Kier molecular flexibility index (Phi) is 6.61. The summed E-state index contributed by atoms with van der Waals surface area (Å²) in [6, 6.07) is 17.4. The normalized spacial score (nSPS) is 10.9. The molecule has 5 nitrogen and oxygen atoms in total. The second-order valence-corrected chi connectivity index (χ2v) is 7.86. The largest absolute Gasteiger partial charge is 0.494 e. The Labute approximate surface area is 182 Å². The molecular weight excluding hydrogens is 423 g/mol. The van der Waals surface area contributed by atoms with E-state index in [1.54, 1.807) is 48.4 Å². The van der Waals surface area contributed by atoms with E-state index < -0.39 is 0 Å². The van der Waals surface area contributed by atoms with Crippen molar-refractivity contribution in [3.8, 4) is 22.8 Å². The van der Waals surface area contributed by atoms with Crippen LogP contribution in [0.3, 0.4) is 0 Å². The van der Waals surface area contributed by atoms with Gasteiger partial charge in [0.15, 0.2) is 11.0 Å². The van der Waals surface area contributed by atoms with Crippen molar-refractivity contribution in [2.45, 2.75) is 11.6 Å². The van der Waals surface area contributed by atoms with Crippen LogP contribution in [0, 0.1) is 5.82 Å². The summed E-state index contributed by atoms with van der Waals surface area (Å²) in [4.78, 5) is 4.06. The highest BCUT2D eigenvalue weighted by Crippen LogP contribution is 2.28. The van der Waals surface area contributed by atoms with Gasteiger partial charge in [-0.1, -0.05) is 23.4 Å². The molecule has 4 aromatic rings. The molecule has 0 aliphatic rings. The number of hydrogen-bond acceptors (Lipinski definition) is 5. The van der Waals surface area contributed by atoms with E-state index >= 15 is 0 Å². The number of rotatable bonds is 8. The lowest BCUT2D eigenvalue weighted by Gasteiger charge is -2.10. The molecule has 0 bridgehead atoms. The standard InChI is InChI=1S/C22H18ClFN4OS/c23-17-2-8-20(9-3-17)29-14-1-15-30-22-27-26-21(16-10-12-25-13-11-16)28(22)19-6-4-18(24)5-7-19/h2-13H,1,14-15H2. The fourth-order valence-corrected chi connectivity index (χ4v) is 3.81. The van der Waals surface area contributed by atoms with Crippen molar-refractivity contribution in [2.75, 3.05) is 12.4 Å². The van der Waals surface area contributed by atoms with Crippen molar-refractivity contribution in [1.29, 1.82) is 0 Å². The van der Waals surface area contributed by atoms with Gasteiger partial charge in [-0.2, -0.15) is 0 Å². The first kappa shape index (κ1) is 20.4. The van der Waals surface area contributed by atoms with Gasteiger partial charge in [0, 0.05) is 34.4 Å². The monoisotopic (exact) mass is 440 g/mol. The third-order valence-corrected chi connectivity index (χ3v) is 5.53. The summed E-state index contributed by atoms with van der Waals surface area (Å²) in [5, 5.41) is 10.1. The molecule has 2 aromatic carbocycles. The minimum absolute atomic E-state index is 0.286. The molecule has 0 N–H and O–H groups in total. The fraction of sp³-hybridized carbons (Fsp3) is 0.136. The van der Waals surface area contributed by atoms with Gasteiger partial charge < -0.3 is 4.74 Å². The number of aromatic nitrogens is 4. The molecule has 0 radical (unpaired) electrons. The maximum Gasteiger partial charge on any atom is 0.196 e. The van der Waals surface area contributed by atoms with Crippen molar-refractivity contribution in [1.82, 2.24) is 19.7 Å². The summed E-state index contributed by atoms with van der Waals surface area (Å²) < 4.78 is 21.1. The molecule has 8 heteroatoms. The highest BCUT2D eigenvalue weighted by Gasteiger charge is 2.16. The maximum atomic E-state index is 13.4. The number of benzene rings is 2. The molecule has 0 amide bonds. The molecule has 30 heavy (non-hydrogen) atoms. The Morgan fingerprint density at radius 2 is 1.67 bits per heavy atom. The third kappa shape index (κ3) is 4.98. The minimum atomic E-state index is -0.286. The summed E-state index contributed by atoms with van der Waals surface area (Å²) in [7, 11) is 0. The Hall–Kier alpha value is -2.90. The molecule has 4 rings (SSSR count).